The molecule has 2 aliphatic rings. The zero-order valence-electron chi connectivity index (χ0n) is 11.8. The van der Waals surface area contributed by atoms with E-state index in [1.54, 1.807) is 4.90 Å². The van der Waals surface area contributed by atoms with Gasteiger partial charge in [0.05, 0.1) is 5.54 Å². The van der Waals surface area contributed by atoms with Crippen molar-refractivity contribution in [3.8, 4) is 0 Å². The first-order chi connectivity index (χ1) is 8.80. The molecule has 6 heteroatoms. The van der Waals surface area contributed by atoms with Crippen molar-refractivity contribution in [2.75, 3.05) is 19.7 Å². The van der Waals surface area contributed by atoms with E-state index in [4.69, 9.17) is 9.47 Å². The molecule has 0 aromatic carbocycles. The highest BCUT2D eigenvalue weighted by Gasteiger charge is 2.41. The molecule has 0 bridgehead atoms. The Labute approximate surface area is 113 Å². The Morgan fingerprint density at radius 1 is 1.37 bits per heavy atom. The van der Waals surface area contributed by atoms with E-state index in [2.05, 4.69) is 5.32 Å². The Kier molecular flexibility index (Phi) is 3.60. The number of amides is 2. The fourth-order valence-electron chi connectivity index (χ4n) is 2.46. The molecule has 1 atom stereocenters. The van der Waals surface area contributed by atoms with Crippen molar-refractivity contribution in [2.24, 2.45) is 0 Å². The summed E-state index contributed by atoms with van der Waals surface area (Å²) in [6, 6.07) is 0. The Morgan fingerprint density at radius 3 is 2.68 bits per heavy atom. The van der Waals surface area contributed by atoms with Gasteiger partial charge in [-0.25, -0.2) is 9.59 Å². The first-order valence-electron chi connectivity index (χ1n) is 6.73. The molecule has 108 valence electrons. The van der Waals surface area contributed by atoms with Gasteiger partial charge in [0, 0.05) is 13.1 Å². The van der Waals surface area contributed by atoms with Gasteiger partial charge in [-0.15, -0.1) is 0 Å². The lowest BCUT2D eigenvalue weighted by molar-refractivity contribution is 0.0253. The summed E-state index contributed by atoms with van der Waals surface area (Å²) in [5, 5.41) is 2.88. The number of alkyl carbamates (subject to hydrolysis) is 1. The summed E-state index contributed by atoms with van der Waals surface area (Å²) in [7, 11) is 0. The molecule has 0 aromatic heterocycles. The smallest absolute Gasteiger partial charge is 0.410 e. The van der Waals surface area contributed by atoms with Crippen LogP contribution in [0.1, 0.15) is 40.0 Å². The number of cyclic esters (lactones) is 1. The van der Waals surface area contributed by atoms with Crippen LogP contribution in [0.5, 0.6) is 0 Å². The molecular weight excluding hydrogens is 248 g/mol. The van der Waals surface area contributed by atoms with Gasteiger partial charge in [0.1, 0.15) is 12.2 Å². The van der Waals surface area contributed by atoms with Gasteiger partial charge in [0.15, 0.2) is 0 Å². The number of nitrogens with zero attached hydrogens (tertiary/aromatic N) is 1. The van der Waals surface area contributed by atoms with Crippen LogP contribution in [0, 0.1) is 0 Å². The second-order valence-corrected chi connectivity index (χ2v) is 6.30. The predicted octanol–water partition coefficient (Wildman–Crippen LogP) is 1.89. The van der Waals surface area contributed by atoms with Gasteiger partial charge >= 0.3 is 12.2 Å². The van der Waals surface area contributed by atoms with Crippen molar-refractivity contribution in [3.05, 3.63) is 0 Å². The third kappa shape index (κ3) is 3.52. The van der Waals surface area contributed by atoms with Crippen LogP contribution in [0.25, 0.3) is 0 Å². The zero-order valence-corrected chi connectivity index (χ0v) is 11.8. The molecule has 0 radical (unpaired) electrons. The number of hydrogen-bond donors (Lipinski definition) is 1. The summed E-state index contributed by atoms with van der Waals surface area (Å²) in [4.78, 5) is 24.9. The lowest BCUT2D eigenvalue weighted by Gasteiger charge is -2.27. The second kappa shape index (κ2) is 4.90. The minimum absolute atomic E-state index is 0.283. The molecule has 2 saturated heterocycles. The van der Waals surface area contributed by atoms with Gasteiger partial charge in [-0.2, -0.15) is 0 Å². The lowest BCUT2D eigenvalue weighted by atomic mass is 9.92. The van der Waals surface area contributed by atoms with Crippen LogP contribution in [-0.4, -0.2) is 47.9 Å². The SMILES string of the molecule is CC(C)(C)OC(=O)N1CCCC2(CC1)COC(=O)N2. The minimum atomic E-state index is -0.480. The van der Waals surface area contributed by atoms with Crippen LogP contribution in [0.4, 0.5) is 9.59 Å². The van der Waals surface area contributed by atoms with Crippen molar-refractivity contribution in [1.82, 2.24) is 10.2 Å². The third-order valence-electron chi connectivity index (χ3n) is 3.44. The quantitative estimate of drug-likeness (QED) is 0.730. The molecule has 0 aliphatic carbocycles. The monoisotopic (exact) mass is 270 g/mol. The van der Waals surface area contributed by atoms with E-state index in [1.807, 2.05) is 20.8 Å². The lowest BCUT2D eigenvalue weighted by Crippen LogP contribution is -2.44. The number of carbonyl (C=O) groups is 2. The molecule has 2 rings (SSSR count). The van der Waals surface area contributed by atoms with E-state index < -0.39 is 5.60 Å². The topological polar surface area (TPSA) is 67.9 Å². The van der Waals surface area contributed by atoms with Gasteiger partial charge < -0.3 is 19.7 Å². The molecular formula is C13H22N2O4. The number of rotatable bonds is 0. The summed E-state index contributed by atoms with van der Waals surface area (Å²) in [6.07, 6.45) is 1.74. The highest BCUT2D eigenvalue weighted by atomic mass is 16.6. The summed E-state index contributed by atoms with van der Waals surface area (Å²) in [6.45, 7) is 7.21. The molecule has 0 aromatic rings. The Morgan fingerprint density at radius 2 is 2.11 bits per heavy atom. The largest absolute Gasteiger partial charge is 0.447 e. The molecule has 2 heterocycles. The number of likely N-dealkylation sites (tertiary alicyclic amines) is 1. The Balaban J connectivity index is 1.93. The molecule has 1 spiro atoms. The standard InChI is InChI=1S/C13H22N2O4/c1-12(2,3)19-11(17)15-7-4-5-13(6-8-15)9-18-10(16)14-13/h4-9H2,1-3H3,(H,14,16). The van der Waals surface area contributed by atoms with Crippen molar-refractivity contribution < 1.29 is 19.1 Å². The maximum absolute atomic E-state index is 12.0. The molecule has 2 fully saturated rings. The highest BCUT2D eigenvalue weighted by Crippen LogP contribution is 2.27. The van der Waals surface area contributed by atoms with Crippen molar-refractivity contribution in [2.45, 2.75) is 51.2 Å². The van der Waals surface area contributed by atoms with E-state index in [-0.39, 0.29) is 17.7 Å². The molecule has 6 nitrogen and oxygen atoms in total. The van der Waals surface area contributed by atoms with Gasteiger partial charge in [-0.3, -0.25) is 0 Å². The van der Waals surface area contributed by atoms with E-state index in [0.717, 1.165) is 12.8 Å². The van der Waals surface area contributed by atoms with Crippen LogP contribution in [-0.2, 0) is 9.47 Å². The average Bonchev–Trinajstić information content (AvgIpc) is 2.52. The fraction of sp³-hybridized carbons (Fsp3) is 0.846. The van der Waals surface area contributed by atoms with Crippen LogP contribution in [0.3, 0.4) is 0 Å². The summed E-state index contributed by atoms with van der Waals surface area (Å²) >= 11 is 0. The number of hydrogen-bond acceptors (Lipinski definition) is 4. The van der Waals surface area contributed by atoms with Crippen LogP contribution in [0.15, 0.2) is 0 Å². The maximum Gasteiger partial charge on any atom is 0.410 e. The minimum Gasteiger partial charge on any atom is -0.447 e. The predicted molar refractivity (Wildman–Crippen MR) is 68.9 cm³/mol. The van der Waals surface area contributed by atoms with E-state index in [1.165, 1.54) is 0 Å². The van der Waals surface area contributed by atoms with Crippen LogP contribution >= 0.6 is 0 Å². The molecule has 0 saturated carbocycles. The first-order valence-corrected chi connectivity index (χ1v) is 6.73. The van der Waals surface area contributed by atoms with Gasteiger partial charge in [-0.05, 0) is 40.0 Å². The fourth-order valence-corrected chi connectivity index (χ4v) is 2.46. The molecule has 1 unspecified atom stereocenters. The van der Waals surface area contributed by atoms with Crippen LogP contribution < -0.4 is 5.32 Å². The molecule has 2 aliphatic heterocycles. The Bertz CT molecular complexity index is 377. The van der Waals surface area contributed by atoms with Crippen molar-refractivity contribution in [1.29, 1.82) is 0 Å². The third-order valence-corrected chi connectivity index (χ3v) is 3.44. The van der Waals surface area contributed by atoms with E-state index in [0.29, 0.717) is 26.1 Å². The number of carbonyl (C=O) groups excluding carboxylic acids is 2. The van der Waals surface area contributed by atoms with Gasteiger partial charge in [-0.1, -0.05) is 0 Å². The number of nitrogens with one attached hydrogen (secondary N) is 1. The first kappa shape index (κ1) is 14.0. The second-order valence-electron chi connectivity index (χ2n) is 6.30. The summed E-state index contributed by atoms with van der Waals surface area (Å²) < 4.78 is 10.4. The average molecular weight is 270 g/mol. The van der Waals surface area contributed by atoms with E-state index in [9.17, 15) is 9.59 Å². The van der Waals surface area contributed by atoms with E-state index >= 15 is 0 Å². The van der Waals surface area contributed by atoms with Crippen molar-refractivity contribution in [3.63, 3.8) is 0 Å². The summed E-state index contributed by atoms with van der Waals surface area (Å²) in [5.74, 6) is 0. The number of ether oxygens (including phenoxy) is 2. The van der Waals surface area contributed by atoms with Crippen molar-refractivity contribution >= 4 is 12.2 Å². The maximum atomic E-state index is 12.0. The zero-order chi connectivity index (χ0) is 14.1. The summed E-state index contributed by atoms with van der Waals surface area (Å²) in [5.41, 5.74) is -0.778. The van der Waals surface area contributed by atoms with Crippen LogP contribution in [0.2, 0.25) is 0 Å². The Hall–Kier alpha value is -1.46. The molecule has 2 amide bonds. The normalized spacial score (nSPS) is 27.7. The molecule has 1 N–H and O–H groups in total. The molecule has 19 heavy (non-hydrogen) atoms. The highest BCUT2D eigenvalue weighted by molar-refractivity contribution is 5.71. The van der Waals surface area contributed by atoms with Gasteiger partial charge in [0.2, 0.25) is 0 Å². The van der Waals surface area contributed by atoms with Gasteiger partial charge in [0.25, 0.3) is 0 Å².